The first-order chi connectivity index (χ1) is 12.9. The van der Waals surface area contributed by atoms with E-state index in [1.54, 1.807) is 43.3 Å². The van der Waals surface area contributed by atoms with Gasteiger partial charge in [-0.3, -0.25) is 19.7 Å². The molecule has 3 N–H and O–H groups in total. The summed E-state index contributed by atoms with van der Waals surface area (Å²) in [5.74, 6) is -0.680. The van der Waals surface area contributed by atoms with Crippen LogP contribution in [0.15, 0.2) is 48.5 Å². The van der Waals surface area contributed by atoms with E-state index in [1.165, 1.54) is 12.1 Å². The summed E-state index contributed by atoms with van der Waals surface area (Å²) in [6, 6.07) is 11.6. The minimum atomic E-state index is -0.701. The number of nitrogens with one attached hydrogen (secondary N) is 3. The van der Waals surface area contributed by atoms with Gasteiger partial charge in [0.1, 0.15) is 6.04 Å². The Morgan fingerprint density at radius 3 is 2.30 bits per heavy atom. The van der Waals surface area contributed by atoms with Crippen molar-refractivity contribution in [1.29, 1.82) is 0 Å². The first-order valence-corrected chi connectivity index (χ1v) is 8.57. The summed E-state index contributed by atoms with van der Waals surface area (Å²) < 4.78 is 0. The zero-order valence-corrected chi connectivity index (χ0v) is 15.3. The average molecular weight is 391 g/mol. The fourth-order valence-corrected chi connectivity index (χ4v) is 2.32. The minimum absolute atomic E-state index is 0.0131. The Bertz CT molecular complexity index is 809. The SMILES string of the molecule is C[C@H](NC(=O)c1ccc(Cl)cc1)C(=O)NCCNc1ccc([N+](=O)[O-])cc1. The van der Waals surface area contributed by atoms with Crippen molar-refractivity contribution < 1.29 is 14.5 Å². The van der Waals surface area contributed by atoms with Gasteiger partial charge in [0.2, 0.25) is 5.91 Å². The van der Waals surface area contributed by atoms with Gasteiger partial charge in [0, 0.05) is 41.5 Å². The summed E-state index contributed by atoms with van der Waals surface area (Å²) in [6.07, 6.45) is 0. The van der Waals surface area contributed by atoms with Crippen LogP contribution in [0.5, 0.6) is 0 Å². The van der Waals surface area contributed by atoms with Crippen LogP contribution in [0, 0.1) is 10.1 Å². The minimum Gasteiger partial charge on any atom is -0.383 e. The van der Waals surface area contributed by atoms with Crippen molar-refractivity contribution in [2.24, 2.45) is 0 Å². The van der Waals surface area contributed by atoms with Gasteiger partial charge < -0.3 is 16.0 Å². The lowest BCUT2D eigenvalue weighted by Crippen LogP contribution is -2.45. The number of hydrogen-bond donors (Lipinski definition) is 3. The predicted octanol–water partition coefficient (Wildman–Crippen LogP) is 2.59. The van der Waals surface area contributed by atoms with E-state index in [0.29, 0.717) is 29.4 Å². The third-order valence-corrected chi connectivity index (χ3v) is 3.93. The van der Waals surface area contributed by atoms with Crippen molar-refractivity contribution in [2.75, 3.05) is 18.4 Å². The number of halogens is 1. The lowest BCUT2D eigenvalue weighted by atomic mass is 10.2. The third-order valence-electron chi connectivity index (χ3n) is 3.68. The molecule has 0 fully saturated rings. The second-order valence-corrected chi connectivity index (χ2v) is 6.16. The predicted molar refractivity (Wildman–Crippen MR) is 103 cm³/mol. The van der Waals surface area contributed by atoms with Crippen molar-refractivity contribution in [3.05, 3.63) is 69.2 Å². The first kappa shape index (κ1) is 20.2. The van der Waals surface area contributed by atoms with Crippen LogP contribution in [-0.4, -0.2) is 35.9 Å². The fraction of sp³-hybridized carbons (Fsp3) is 0.222. The molecule has 142 valence electrons. The Balaban J connectivity index is 1.72. The van der Waals surface area contributed by atoms with Crippen LogP contribution in [0.1, 0.15) is 17.3 Å². The molecule has 0 aliphatic rings. The molecule has 0 unspecified atom stereocenters. The molecule has 0 heterocycles. The van der Waals surface area contributed by atoms with Crippen molar-refractivity contribution >= 4 is 34.8 Å². The summed E-state index contributed by atoms with van der Waals surface area (Å²) in [4.78, 5) is 34.2. The Morgan fingerprint density at radius 1 is 1.07 bits per heavy atom. The molecule has 0 radical (unpaired) electrons. The molecule has 27 heavy (non-hydrogen) atoms. The molecule has 0 aliphatic heterocycles. The highest BCUT2D eigenvalue weighted by atomic mass is 35.5. The maximum atomic E-state index is 12.1. The molecule has 9 heteroatoms. The smallest absolute Gasteiger partial charge is 0.269 e. The molecule has 8 nitrogen and oxygen atoms in total. The van der Waals surface area contributed by atoms with E-state index in [0.717, 1.165) is 0 Å². The van der Waals surface area contributed by atoms with E-state index in [1.807, 2.05) is 0 Å². The lowest BCUT2D eigenvalue weighted by Gasteiger charge is -2.14. The van der Waals surface area contributed by atoms with Gasteiger partial charge in [-0.1, -0.05) is 11.6 Å². The molecule has 1 atom stereocenters. The number of benzene rings is 2. The van der Waals surface area contributed by atoms with E-state index in [9.17, 15) is 19.7 Å². The molecular weight excluding hydrogens is 372 g/mol. The maximum Gasteiger partial charge on any atom is 0.269 e. The zero-order chi connectivity index (χ0) is 19.8. The number of hydrogen-bond acceptors (Lipinski definition) is 5. The highest BCUT2D eigenvalue weighted by Gasteiger charge is 2.16. The standard InChI is InChI=1S/C18H19ClN4O4/c1-12(22-18(25)13-2-4-14(19)5-3-13)17(24)21-11-10-20-15-6-8-16(9-7-15)23(26)27/h2-9,12,20H,10-11H2,1H3,(H,21,24)(H,22,25)/t12-/m0/s1. The molecule has 2 rings (SSSR count). The number of carbonyl (C=O) groups excluding carboxylic acids is 2. The van der Waals surface area contributed by atoms with Gasteiger partial charge in [0.05, 0.1) is 4.92 Å². The number of amides is 2. The van der Waals surface area contributed by atoms with E-state index in [4.69, 9.17) is 11.6 Å². The highest BCUT2D eigenvalue weighted by molar-refractivity contribution is 6.30. The Hall–Kier alpha value is -3.13. The molecule has 2 aromatic carbocycles. The fourth-order valence-electron chi connectivity index (χ4n) is 2.19. The number of non-ortho nitro benzene ring substituents is 1. The van der Waals surface area contributed by atoms with Crippen LogP contribution in [0.25, 0.3) is 0 Å². The zero-order valence-electron chi connectivity index (χ0n) is 14.6. The second kappa shape index (κ2) is 9.54. The Kier molecular flexibility index (Phi) is 7.13. The second-order valence-electron chi connectivity index (χ2n) is 5.72. The van der Waals surface area contributed by atoms with Gasteiger partial charge in [-0.05, 0) is 43.3 Å². The molecule has 2 aromatic rings. The molecule has 0 aromatic heterocycles. The van der Waals surface area contributed by atoms with Gasteiger partial charge in [-0.15, -0.1) is 0 Å². The molecule has 2 amide bonds. The number of carbonyl (C=O) groups is 2. The normalized spacial score (nSPS) is 11.3. The number of anilines is 1. The topological polar surface area (TPSA) is 113 Å². The number of nitro groups is 1. The first-order valence-electron chi connectivity index (χ1n) is 8.19. The van der Waals surface area contributed by atoms with Crippen molar-refractivity contribution in [1.82, 2.24) is 10.6 Å². The number of nitro benzene ring substituents is 1. The van der Waals surface area contributed by atoms with E-state index < -0.39 is 11.0 Å². The molecular formula is C18H19ClN4O4. The van der Waals surface area contributed by atoms with E-state index in [-0.39, 0.29) is 17.5 Å². The number of rotatable bonds is 8. The van der Waals surface area contributed by atoms with Crippen molar-refractivity contribution in [3.63, 3.8) is 0 Å². The average Bonchev–Trinajstić information content (AvgIpc) is 2.65. The summed E-state index contributed by atoms with van der Waals surface area (Å²) in [7, 11) is 0. The molecule has 0 spiro atoms. The van der Waals surface area contributed by atoms with Crippen LogP contribution < -0.4 is 16.0 Å². The summed E-state index contributed by atoms with van der Waals surface area (Å²) in [5, 5.41) is 19.5. The van der Waals surface area contributed by atoms with Crippen LogP contribution in [-0.2, 0) is 4.79 Å². The summed E-state index contributed by atoms with van der Waals surface area (Å²) in [6.45, 7) is 2.35. The van der Waals surface area contributed by atoms with Gasteiger partial charge in [0.15, 0.2) is 0 Å². The van der Waals surface area contributed by atoms with Gasteiger partial charge in [-0.25, -0.2) is 0 Å². The lowest BCUT2D eigenvalue weighted by molar-refractivity contribution is -0.384. The summed E-state index contributed by atoms with van der Waals surface area (Å²) in [5.41, 5.74) is 1.14. The van der Waals surface area contributed by atoms with Crippen LogP contribution in [0.3, 0.4) is 0 Å². The summed E-state index contributed by atoms with van der Waals surface area (Å²) >= 11 is 5.78. The van der Waals surface area contributed by atoms with Gasteiger partial charge in [-0.2, -0.15) is 0 Å². The Morgan fingerprint density at radius 2 is 1.70 bits per heavy atom. The Labute approximate surface area is 161 Å². The highest BCUT2D eigenvalue weighted by Crippen LogP contribution is 2.14. The molecule has 0 saturated heterocycles. The largest absolute Gasteiger partial charge is 0.383 e. The van der Waals surface area contributed by atoms with Crippen LogP contribution in [0.4, 0.5) is 11.4 Å². The maximum absolute atomic E-state index is 12.1. The quantitative estimate of drug-likeness (QED) is 0.364. The van der Waals surface area contributed by atoms with E-state index >= 15 is 0 Å². The molecule has 0 bridgehead atoms. The van der Waals surface area contributed by atoms with Gasteiger partial charge in [0.25, 0.3) is 11.6 Å². The number of nitrogens with zero attached hydrogens (tertiary/aromatic N) is 1. The van der Waals surface area contributed by atoms with E-state index in [2.05, 4.69) is 16.0 Å². The molecule has 0 saturated carbocycles. The molecule has 0 aliphatic carbocycles. The van der Waals surface area contributed by atoms with Crippen molar-refractivity contribution in [3.8, 4) is 0 Å². The third kappa shape index (κ3) is 6.27. The van der Waals surface area contributed by atoms with Crippen LogP contribution >= 0.6 is 11.6 Å². The monoisotopic (exact) mass is 390 g/mol. The van der Waals surface area contributed by atoms with Gasteiger partial charge >= 0.3 is 0 Å². The van der Waals surface area contributed by atoms with Crippen LogP contribution in [0.2, 0.25) is 5.02 Å². The van der Waals surface area contributed by atoms with Crippen molar-refractivity contribution in [2.45, 2.75) is 13.0 Å².